The van der Waals surface area contributed by atoms with E-state index in [-0.39, 0.29) is 30.0 Å². The number of carbonyl (C=O) groups is 3. The number of hydrogen-bond donors (Lipinski definition) is 2. The van der Waals surface area contributed by atoms with Crippen molar-refractivity contribution in [3.8, 4) is 0 Å². The van der Waals surface area contributed by atoms with Gasteiger partial charge in [-0.3, -0.25) is 14.6 Å². The standard InChI is InChI=1S/C30H44N4O8S/c1-21-18-24-8-6-9-26(27(24)32-19-21)43(38,39)33-25(20-40-16-7-13-31-29(37)42-30(3,4)5)28(36)34-14-10-23(11-15-34)12-17-41-22(2)35/h6,8-9,18-19,23,25,33H,7,10-17,20H2,1-5H3,(H,31,37). The summed E-state index contributed by atoms with van der Waals surface area (Å²) in [6.07, 6.45) is 3.65. The minimum atomic E-state index is -4.15. The van der Waals surface area contributed by atoms with Crippen LogP contribution in [0.4, 0.5) is 4.79 Å². The summed E-state index contributed by atoms with van der Waals surface area (Å²) in [5, 5.41) is 3.32. The molecule has 43 heavy (non-hydrogen) atoms. The van der Waals surface area contributed by atoms with Crippen molar-refractivity contribution < 1.29 is 37.0 Å². The SMILES string of the molecule is CC(=O)OCCC1CCN(C(=O)C(COCCCNC(=O)OC(C)(C)C)NS(=O)(=O)c2cccc3cc(C)cnc23)CC1. The molecule has 2 aromatic rings. The van der Waals surface area contributed by atoms with Crippen LogP contribution in [0.3, 0.4) is 0 Å². The van der Waals surface area contributed by atoms with Crippen molar-refractivity contribution in [2.45, 2.75) is 76.8 Å². The summed E-state index contributed by atoms with van der Waals surface area (Å²) in [4.78, 5) is 42.5. The quantitative estimate of drug-likeness (QED) is 0.254. The van der Waals surface area contributed by atoms with Crippen LogP contribution in [0.2, 0.25) is 0 Å². The van der Waals surface area contributed by atoms with Crippen LogP contribution in [0.25, 0.3) is 10.9 Å². The van der Waals surface area contributed by atoms with E-state index < -0.39 is 27.8 Å². The number of rotatable bonds is 13. The second-order valence-electron chi connectivity index (χ2n) is 11.8. The predicted octanol–water partition coefficient (Wildman–Crippen LogP) is 3.31. The number of alkyl carbamates (subject to hydrolysis) is 1. The number of likely N-dealkylation sites (tertiary alicyclic amines) is 1. The van der Waals surface area contributed by atoms with Gasteiger partial charge in [-0.05, 0) is 77.0 Å². The average Bonchev–Trinajstić information content (AvgIpc) is 2.92. The molecule has 0 saturated carbocycles. The number of para-hydroxylation sites is 1. The van der Waals surface area contributed by atoms with Gasteiger partial charge in [-0.1, -0.05) is 12.1 Å². The Labute approximate surface area is 253 Å². The molecule has 0 bridgehead atoms. The molecule has 2 amide bonds. The second kappa shape index (κ2) is 15.4. The van der Waals surface area contributed by atoms with Gasteiger partial charge in [0.05, 0.1) is 18.7 Å². The highest BCUT2D eigenvalue weighted by Gasteiger charge is 2.32. The Hall–Kier alpha value is -3.29. The normalized spacial score (nSPS) is 15.2. The highest BCUT2D eigenvalue weighted by Crippen LogP contribution is 2.24. The van der Waals surface area contributed by atoms with Gasteiger partial charge in [0.1, 0.15) is 16.5 Å². The molecule has 1 aromatic heterocycles. The third-order valence-corrected chi connectivity index (χ3v) is 8.37. The number of benzene rings is 1. The first kappa shape index (κ1) is 34.2. The van der Waals surface area contributed by atoms with E-state index in [4.69, 9.17) is 14.2 Å². The van der Waals surface area contributed by atoms with Crippen LogP contribution in [0, 0.1) is 12.8 Å². The fourth-order valence-electron chi connectivity index (χ4n) is 4.78. The summed E-state index contributed by atoms with van der Waals surface area (Å²) in [7, 11) is -4.15. The van der Waals surface area contributed by atoms with Gasteiger partial charge < -0.3 is 24.4 Å². The van der Waals surface area contributed by atoms with Crippen molar-refractivity contribution in [2.75, 3.05) is 39.5 Å². The monoisotopic (exact) mass is 620 g/mol. The summed E-state index contributed by atoms with van der Waals surface area (Å²) < 4.78 is 45.8. The maximum Gasteiger partial charge on any atom is 0.407 e. The fraction of sp³-hybridized carbons (Fsp3) is 0.600. The number of fused-ring (bicyclic) bond motifs is 1. The van der Waals surface area contributed by atoms with Gasteiger partial charge in [0.25, 0.3) is 0 Å². The molecule has 1 aromatic carbocycles. The van der Waals surface area contributed by atoms with Gasteiger partial charge in [0.2, 0.25) is 15.9 Å². The molecule has 0 spiro atoms. The number of hydrogen-bond acceptors (Lipinski definition) is 9. The molecule has 12 nitrogen and oxygen atoms in total. The topological polar surface area (TPSA) is 153 Å². The maximum atomic E-state index is 13.6. The van der Waals surface area contributed by atoms with Crippen LogP contribution in [-0.2, 0) is 33.8 Å². The largest absolute Gasteiger partial charge is 0.466 e. The molecule has 1 aliphatic rings. The lowest BCUT2D eigenvalue weighted by atomic mass is 9.93. The van der Waals surface area contributed by atoms with E-state index in [0.29, 0.717) is 55.9 Å². The van der Waals surface area contributed by atoms with Crippen LogP contribution < -0.4 is 10.0 Å². The van der Waals surface area contributed by atoms with Crippen LogP contribution in [0.5, 0.6) is 0 Å². The zero-order chi connectivity index (χ0) is 31.6. The minimum Gasteiger partial charge on any atom is -0.466 e. The van der Waals surface area contributed by atoms with E-state index in [2.05, 4.69) is 15.0 Å². The highest BCUT2D eigenvalue weighted by molar-refractivity contribution is 7.89. The summed E-state index contributed by atoms with van der Waals surface area (Å²) >= 11 is 0. The number of aromatic nitrogens is 1. The lowest BCUT2D eigenvalue weighted by Crippen LogP contribution is -2.52. The average molecular weight is 621 g/mol. The molecular formula is C30H44N4O8S. The van der Waals surface area contributed by atoms with Crippen LogP contribution >= 0.6 is 0 Å². The van der Waals surface area contributed by atoms with Crippen LogP contribution in [-0.4, -0.2) is 87.4 Å². The van der Waals surface area contributed by atoms with E-state index in [0.717, 1.165) is 18.4 Å². The van der Waals surface area contributed by atoms with Crippen molar-refractivity contribution >= 4 is 38.9 Å². The summed E-state index contributed by atoms with van der Waals surface area (Å²) in [6.45, 7) is 10.1. The summed E-state index contributed by atoms with van der Waals surface area (Å²) in [5.41, 5.74) is 0.601. The smallest absolute Gasteiger partial charge is 0.407 e. The molecule has 1 unspecified atom stereocenters. The molecule has 1 fully saturated rings. The van der Waals surface area contributed by atoms with Gasteiger partial charge in [-0.2, -0.15) is 4.72 Å². The molecular weight excluding hydrogens is 576 g/mol. The zero-order valence-electron chi connectivity index (χ0n) is 25.7. The van der Waals surface area contributed by atoms with Gasteiger partial charge in [0.15, 0.2) is 0 Å². The van der Waals surface area contributed by atoms with Crippen molar-refractivity contribution in [2.24, 2.45) is 5.92 Å². The number of sulfonamides is 1. The lowest BCUT2D eigenvalue weighted by Gasteiger charge is -2.34. The second-order valence-corrected chi connectivity index (χ2v) is 13.5. The molecule has 3 rings (SSSR count). The number of nitrogens with zero attached hydrogens (tertiary/aromatic N) is 2. The highest BCUT2D eigenvalue weighted by atomic mass is 32.2. The van der Waals surface area contributed by atoms with Crippen molar-refractivity contribution in [3.63, 3.8) is 0 Å². The third kappa shape index (κ3) is 11.0. The van der Waals surface area contributed by atoms with Crippen LogP contribution in [0.15, 0.2) is 35.4 Å². The molecule has 238 valence electrons. The first-order valence-electron chi connectivity index (χ1n) is 14.6. The van der Waals surface area contributed by atoms with Crippen molar-refractivity contribution in [3.05, 3.63) is 36.0 Å². The minimum absolute atomic E-state index is 0.0199. The zero-order valence-corrected chi connectivity index (χ0v) is 26.5. The molecule has 13 heteroatoms. The van der Waals surface area contributed by atoms with Gasteiger partial charge in [0, 0.05) is 44.7 Å². The lowest BCUT2D eigenvalue weighted by molar-refractivity contribution is -0.141. The Balaban J connectivity index is 1.66. The molecule has 2 N–H and O–H groups in total. The predicted molar refractivity (Wildman–Crippen MR) is 161 cm³/mol. The number of carbonyl (C=O) groups excluding carboxylic acids is 3. The Kier molecular flexibility index (Phi) is 12.3. The van der Waals surface area contributed by atoms with Crippen LogP contribution in [0.1, 0.15) is 58.9 Å². The molecule has 1 saturated heterocycles. The summed E-state index contributed by atoms with van der Waals surface area (Å²) in [6, 6.07) is 5.58. The molecule has 2 heterocycles. The van der Waals surface area contributed by atoms with E-state index in [1.165, 1.54) is 13.0 Å². The Bertz CT molecular complexity index is 1370. The van der Waals surface area contributed by atoms with Gasteiger partial charge >= 0.3 is 12.1 Å². The fourth-order valence-corrected chi connectivity index (χ4v) is 6.13. The van der Waals surface area contributed by atoms with Crippen molar-refractivity contribution in [1.29, 1.82) is 0 Å². The van der Waals surface area contributed by atoms with Crippen molar-refractivity contribution in [1.82, 2.24) is 19.9 Å². The van der Waals surface area contributed by atoms with E-state index in [1.807, 2.05) is 13.0 Å². The van der Waals surface area contributed by atoms with E-state index in [1.54, 1.807) is 44.0 Å². The Morgan fingerprint density at radius 1 is 1.14 bits per heavy atom. The molecule has 1 atom stereocenters. The van der Waals surface area contributed by atoms with E-state index in [9.17, 15) is 22.8 Å². The van der Waals surface area contributed by atoms with E-state index >= 15 is 0 Å². The Morgan fingerprint density at radius 3 is 2.53 bits per heavy atom. The number of ether oxygens (including phenoxy) is 3. The number of nitrogens with one attached hydrogen (secondary N) is 2. The molecule has 1 aliphatic heterocycles. The Morgan fingerprint density at radius 2 is 1.86 bits per heavy atom. The first-order valence-corrected chi connectivity index (χ1v) is 16.1. The van der Waals surface area contributed by atoms with Gasteiger partial charge in [-0.15, -0.1) is 0 Å². The number of amides is 2. The molecule has 0 radical (unpaired) electrons. The summed E-state index contributed by atoms with van der Waals surface area (Å²) in [5.74, 6) is -0.393. The maximum absolute atomic E-state index is 13.6. The number of aryl methyl sites for hydroxylation is 1. The first-order chi connectivity index (χ1) is 20.2. The number of esters is 1. The molecule has 0 aliphatic carbocycles. The number of pyridine rings is 1. The number of piperidine rings is 1. The third-order valence-electron chi connectivity index (χ3n) is 6.87. The van der Waals surface area contributed by atoms with Gasteiger partial charge in [-0.25, -0.2) is 13.2 Å².